The van der Waals surface area contributed by atoms with Crippen molar-refractivity contribution in [2.45, 2.75) is 43.0 Å². The zero-order chi connectivity index (χ0) is 17.5. The molecule has 1 aromatic rings. The van der Waals surface area contributed by atoms with E-state index < -0.39 is 31.2 Å². The molecule has 4 rings (SSSR count). The first-order valence-corrected chi connectivity index (χ1v) is 12.7. The van der Waals surface area contributed by atoms with Gasteiger partial charge in [0.05, 0.1) is 0 Å². The Balaban J connectivity index is 2.25. The van der Waals surface area contributed by atoms with Crippen LogP contribution in [0, 0.1) is 0 Å². The second kappa shape index (κ2) is 6.17. The first kappa shape index (κ1) is 17.4. The van der Waals surface area contributed by atoms with Crippen LogP contribution in [0.15, 0.2) is 36.4 Å². The van der Waals surface area contributed by atoms with E-state index in [9.17, 15) is 9.59 Å². The van der Waals surface area contributed by atoms with Crippen LogP contribution in [0.25, 0.3) is 5.57 Å². The number of hydrogen-bond acceptors (Lipinski definition) is 5. The van der Waals surface area contributed by atoms with Crippen LogP contribution in [0.4, 0.5) is 0 Å². The maximum Gasteiger partial charge on any atom is 0.344 e. The molecule has 128 valence electrons. The molecule has 0 amide bonds. The van der Waals surface area contributed by atoms with Gasteiger partial charge in [0.2, 0.25) is 0 Å². The van der Waals surface area contributed by atoms with Gasteiger partial charge in [-0.25, -0.2) is 4.79 Å². The van der Waals surface area contributed by atoms with E-state index in [1.807, 2.05) is 62.3 Å². The standard InChI is InChI=1S/C18H22O4SSi/c1-23-16-15(19)11-13-10-14(12-8-6-5-7-9-12)18(16,17(20)21-13)22-24(2,3)4/h5-10,13,16H,11H2,1-4H3/t13-,16-,18-/m0/s1. The minimum absolute atomic E-state index is 0.0128. The quantitative estimate of drug-likeness (QED) is 0.608. The van der Waals surface area contributed by atoms with Crippen LogP contribution < -0.4 is 0 Å². The van der Waals surface area contributed by atoms with Gasteiger partial charge < -0.3 is 9.16 Å². The van der Waals surface area contributed by atoms with E-state index in [0.717, 1.165) is 11.1 Å². The number of hydrogen-bond donors (Lipinski definition) is 0. The second-order valence-corrected chi connectivity index (χ2v) is 12.5. The topological polar surface area (TPSA) is 52.6 Å². The Morgan fingerprint density at radius 2 is 1.88 bits per heavy atom. The summed E-state index contributed by atoms with van der Waals surface area (Å²) in [6.07, 6.45) is 3.47. The van der Waals surface area contributed by atoms with Crippen molar-refractivity contribution in [2.24, 2.45) is 0 Å². The molecule has 3 aliphatic rings. The molecule has 0 saturated carbocycles. The minimum Gasteiger partial charge on any atom is -0.455 e. The highest BCUT2D eigenvalue weighted by Crippen LogP contribution is 2.47. The molecule has 1 fully saturated rings. The lowest BCUT2D eigenvalue weighted by atomic mass is 9.84. The zero-order valence-electron chi connectivity index (χ0n) is 14.4. The fraction of sp³-hybridized carbons (Fsp3) is 0.444. The van der Waals surface area contributed by atoms with E-state index in [1.165, 1.54) is 11.8 Å². The first-order valence-electron chi connectivity index (χ1n) is 8.02. The second-order valence-electron chi connectivity index (χ2n) is 7.13. The molecular weight excluding hydrogens is 340 g/mol. The summed E-state index contributed by atoms with van der Waals surface area (Å²) in [7, 11) is -2.15. The molecule has 2 bridgehead atoms. The number of fused-ring (bicyclic) bond motifs is 3. The lowest BCUT2D eigenvalue weighted by Gasteiger charge is -2.43. The van der Waals surface area contributed by atoms with Gasteiger partial charge in [-0.1, -0.05) is 30.3 Å². The fourth-order valence-corrected chi connectivity index (χ4v) is 5.74. The van der Waals surface area contributed by atoms with Crippen LogP contribution in [0.5, 0.6) is 0 Å². The normalized spacial score (nSPS) is 29.9. The predicted octanol–water partition coefficient (Wildman–Crippen LogP) is 3.29. The molecule has 1 aromatic carbocycles. The van der Waals surface area contributed by atoms with Gasteiger partial charge >= 0.3 is 5.97 Å². The molecule has 0 N–H and O–H groups in total. The molecule has 1 saturated heterocycles. The summed E-state index contributed by atoms with van der Waals surface area (Å²) in [5.41, 5.74) is 0.332. The molecule has 24 heavy (non-hydrogen) atoms. The van der Waals surface area contributed by atoms with Crippen molar-refractivity contribution in [3.63, 3.8) is 0 Å². The van der Waals surface area contributed by atoms with E-state index in [0.29, 0.717) is 0 Å². The summed E-state index contributed by atoms with van der Waals surface area (Å²) in [5, 5.41) is -0.587. The third-order valence-corrected chi connectivity index (χ3v) is 6.17. The van der Waals surface area contributed by atoms with Gasteiger partial charge in [0, 0.05) is 12.0 Å². The first-order chi connectivity index (χ1) is 11.3. The smallest absolute Gasteiger partial charge is 0.344 e. The number of ketones is 1. The van der Waals surface area contributed by atoms with E-state index >= 15 is 0 Å². The van der Waals surface area contributed by atoms with Gasteiger partial charge in [0.25, 0.3) is 0 Å². The lowest BCUT2D eigenvalue weighted by molar-refractivity contribution is -0.160. The number of ether oxygens (including phenoxy) is 1. The summed E-state index contributed by atoms with van der Waals surface area (Å²) < 4.78 is 12.0. The highest BCUT2D eigenvalue weighted by atomic mass is 32.2. The molecule has 3 atom stereocenters. The Morgan fingerprint density at radius 3 is 2.46 bits per heavy atom. The van der Waals surface area contributed by atoms with Gasteiger partial charge in [0.15, 0.2) is 19.7 Å². The number of thioether (sulfide) groups is 1. The number of carbonyl (C=O) groups excluding carboxylic acids is 2. The van der Waals surface area contributed by atoms with Crippen molar-refractivity contribution >= 4 is 37.4 Å². The van der Waals surface area contributed by atoms with E-state index in [-0.39, 0.29) is 12.2 Å². The molecule has 6 heteroatoms. The van der Waals surface area contributed by atoms with E-state index in [4.69, 9.17) is 9.16 Å². The van der Waals surface area contributed by atoms with Crippen molar-refractivity contribution in [2.75, 3.05) is 6.26 Å². The fourth-order valence-electron chi connectivity index (χ4n) is 3.42. The third kappa shape index (κ3) is 2.87. The molecular formula is C18H22O4SSi. The Labute approximate surface area is 147 Å². The van der Waals surface area contributed by atoms with Crippen LogP contribution in [0.3, 0.4) is 0 Å². The number of carbonyl (C=O) groups is 2. The Morgan fingerprint density at radius 1 is 1.21 bits per heavy atom. The van der Waals surface area contributed by atoms with E-state index in [1.54, 1.807) is 0 Å². The van der Waals surface area contributed by atoms with E-state index in [2.05, 4.69) is 0 Å². The average molecular weight is 363 g/mol. The monoisotopic (exact) mass is 362 g/mol. The van der Waals surface area contributed by atoms with Gasteiger partial charge in [-0.3, -0.25) is 4.79 Å². The molecule has 4 nitrogen and oxygen atoms in total. The number of Topliss-reactive ketones (excluding diaryl/α,β-unsaturated/α-hetero) is 1. The summed E-state index contributed by atoms with van der Waals surface area (Å²) in [4.78, 5) is 25.8. The predicted molar refractivity (Wildman–Crippen MR) is 98.4 cm³/mol. The Hall–Kier alpha value is -1.37. The van der Waals surface area contributed by atoms with Gasteiger partial charge in [-0.15, -0.1) is 0 Å². The highest BCUT2D eigenvalue weighted by molar-refractivity contribution is 8.00. The average Bonchev–Trinajstić information content (AvgIpc) is 2.67. The highest BCUT2D eigenvalue weighted by Gasteiger charge is 2.60. The number of esters is 1. The molecule has 0 radical (unpaired) electrons. The van der Waals surface area contributed by atoms with Gasteiger partial charge in [-0.05, 0) is 37.5 Å². The molecule has 0 spiro atoms. The van der Waals surface area contributed by atoms with Crippen LogP contribution in [-0.2, 0) is 18.8 Å². The Bertz CT molecular complexity index is 695. The zero-order valence-corrected chi connectivity index (χ0v) is 16.2. The minimum atomic E-state index is -2.15. The van der Waals surface area contributed by atoms with Crippen molar-refractivity contribution in [3.05, 3.63) is 42.0 Å². The summed E-state index contributed by atoms with van der Waals surface area (Å²) in [5.74, 6) is -0.416. The summed E-state index contributed by atoms with van der Waals surface area (Å²) in [6, 6.07) is 9.70. The van der Waals surface area contributed by atoms with Crippen LogP contribution in [0.1, 0.15) is 12.0 Å². The Kier molecular flexibility index (Phi) is 4.48. The summed E-state index contributed by atoms with van der Waals surface area (Å²) in [6.45, 7) is 6.07. The van der Waals surface area contributed by atoms with Crippen molar-refractivity contribution in [3.8, 4) is 0 Å². The number of rotatable bonds is 4. The molecule has 1 aliphatic carbocycles. The molecule has 0 aromatic heterocycles. The lowest BCUT2D eigenvalue weighted by Crippen LogP contribution is -2.58. The molecule has 2 heterocycles. The van der Waals surface area contributed by atoms with Crippen molar-refractivity contribution in [1.29, 1.82) is 0 Å². The molecule has 2 aliphatic heterocycles. The van der Waals surface area contributed by atoms with Crippen LogP contribution in [0.2, 0.25) is 19.6 Å². The van der Waals surface area contributed by atoms with Crippen molar-refractivity contribution < 1.29 is 18.8 Å². The largest absolute Gasteiger partial charge is 0.455 e. The maximum atomic E-state index is 13.0. The summed E-state index contributed by atoms with van der Waals surface area (Å²) >= 11 is 1.37. The third-order valence-electron chi connectivity index (χ3n) is 4.17. The molecule has 0 unspecified atom stereocenters. The van der Waals surface area contributed by atoms with Gasteiger partial charge in [0.1, 0.15) is 11.4 Å². The maximum absolute atomic E-state index is 13.0. The van der Waals surface area contributed by atoms with Gasteiger partial charge in [-0.2, -0.15) is 11.8 Å². The van der Waals surface area contributed by atoms with Crippen LogP contribution in [-0.4, -0.2) is 43.3 Å². The van der Waals surface area contributed by atoms with Crippen molar-refractivity contribution in [1.82, 2.24) is 0 Å². The number of benzene rings is 1. The SMILES string of the molecule is CS[C@H]1C(=O)C[C@@H]2C=C(c3ccccc3)[C@@]1(O[Si](C)(C)C)C(=O)O2. The van der Waals surface area contributed by atoms with Crippen LogP contribution >= 0.6 is 11.8 Å².